The molecule has 0 unspecified atom stereocenters. The topological polar surface area (TPSA) is 52.6 Å². The number of hydrogen-bond donors (Lipinski definition) is 0. The Morgan fingerprint density at radius 2 is 1.40 bits per heavy atom. The Morgan fingerprint density at radius 1 is 0.800 bits per heavy atom. The molecule has 0 bridgehead atoms. The average molecular weight is 455 g/mol. The van der Waals surface area contributed by atoms with Crippen LogP contribution in [0.4, 0.5) is 0 Å². The minimum Gasteiger partial charge on any atom is -0.452 e. The number of carbonyl (C=O) groups is 2. The van der Waals surface area contributed by atoms with Crippen molar-refractivity contribution in [3.63, 3.8) is 0 Å². The second-order valence-electron chi connectivity index (χ2n) is 7.17. The molecule has 0 aliphatic rings. The highest BCUT2D eigenvalue weighted by atomic mass is 35.5. The van der Waals surface area contributed by atoms with Gasteiger partial charge in [-0.05, 0) is 31.0 Å². The largest absolute Gasteiger partial charge is 0.452 e. The number of esters is 2. The molecule has 0 aliphatic heterocycles. The van der Waals surface area contributed by atoms with E-state index in [9.17, 15) is 9.59 Å². The van der Waals surface area contributed by atoms with E-state index in [0.717, 1.165) is 12.8 Å². The zero-order chi connectivity index (χ0) is 22.0. The van der Waals surface area contributed by atoms with Gasteiger partial charge in [-0.25, -0.2) is 0 Å². The maximum Gasteiger partial charge on any atom is 0.311 e. The minimum atomic E-state index is -0.453. The maximum absolute atomic E-state index is 11.8. The van der Waals surface area contributed by atoms with Crippen LogP contribution in [-0.4, -0.2) is 18.5 Å². The number of halogens is 2. The van der Waals surface area contributed by atoms with Crippen LogP contribution in [0.5, 0.6) is 5.75 Å². The van der Waals surface area contributed by atoms with Crippen molar-refractivity contribution in [2.75, 3.05) is 6.61 Å². The highest BCUT2D eigenvalue weighted by Gasteiger charge is 2.09. The normalized spacial score (nSPS) is 10.2. The third-order valence-electron chi connectivity index (χ3n) is 4.42. The van der Waals surface area contributed by atoms with Crippen molar-refractivity contribution < 1.29 is 19.1 Å². The summed E-state index contributed by atoms with van der Waals surface area (Å²) in [5, 5.41) is 0.773. The molecular weight excluding hydrogens is 423 g/mol. The molecule has 0 N–H and O–H groups in total. The van der Waals surface area contributed by atoms with Crippen LogP contribution >= 0.6 is 23.2 Å². The van der Waals surface area contributed by atoms with Crippen molar-refractivity contribution in [3.05, 3.63) is 28.2 Å². The molecule has 30 heavy (non-hydrogen) atoms. The monoisotopic (exact) mass is 454 g/mol. The van der Waals surface area contributed by atoms with E-state index in [-0.39, 0.29) is 31.2 Å². The Hall–Kier alpha value is -1.70. The number of benzene rings is 1. The zero-order valence-electron chi connectivity index (χ0n) is 17.8. The van der Waals surface area contributed by atoms with E-state index >= 15 is 0 Å². The highest BCUT2D eigenvalue weighted by molar-refractivity contribution is 6.34. The predicted octanol–water partition coefficient (Wildman–Crippen LogP) is 7.15. The molecule has 4 nitrogen and oxygen atoms in total. The van der Waals surface area contributed by atoms with Crippen LogP contribution in [0.15, 0.2) is 18.2 Å². The van der Waals surface area contributed by atoms with Gasteiger partial charge >= 0.3 is 11.9 Å². The number of carbonyl (C=O) groups excluding carboxylic acids is 2. The summed E-state index contributed by atoms with van der Waals surface area (Å²) < 4.78 is 10.2. The van der Waals surface area contributed by atoms with Gasteiger partial charge in [0, 0.05) is 29.3 Å². The molecule has 0 saturated heterocycles. The summed E-state index contributed by atoms with van der Waals surface area (Å²) in [6.45, 7) is 2.33. The van der Waals surface area contributed by atoms with E-state index in [1.165, 1.54) is 57.1 Å². The minimum absolute atomic E-state index is 0.0985. The summed E-state index contributed by atoms with van der Waals surface area (Å²) in [6.07, 6.45) is 11.6. The molecule has 1 rings (SSSR count). The Labute approximate surface area is 190 Å². The van der Waals surface area contributed by atoms with Crippen molar-refractivity contribution in [1.29, 1.82) is 0 Å². The number of hydrogen-bond acceptors (Lipinski definition) is 4. The molecule has 0 aromatic heterocycles. The first-order chi connectivity index (χ1) is 14.5. The number of unbranched alkanes of at least 4 members (excludes halogenated alkanes) is 8. The van der Waals surface area contributed by atoms with Gasteiger partial charge in [-0.2, -0.15) is 0 Å². The third-order valence-corrected chi connectivity index (χ3v) is 4.85. The van der Waals surface area contributed by atoms with E-state index in [0.29, 0.717) is 16.5 Å². The van der Waals surface area contributed by atoms with Gasteiger partial charge in [0.05, 0.1) is 0 Å². The fraction of sp³-hybridized carbons (Fsp3) is 0.583. The van der Waals surface area contributed by atoms with Crippen molar-refractivity contribution >= 4 is 35.1 Å². The fourth-order valence-electron chi connectivity index (χ4n) is 2.82. The summed E-state index contributed by atoms with van der Waals surface area (Å²) in [5.74, 6) is 5.37. The van der Waals surface area contributed by atoms with Gasteiger partial charge in [0.25, 0.3) is 0 Å². The Bertz CT molecular complexity index is 687. The van der Waals surface area contributed by atoms with Crippen LogP contribution in [0.2, 0.25) is 10.0 Å². The molecule has 0 amide bonds. The Balaban J connectivity index is 2.02. The van der Waals surface area contributed by atoms with Crippen molar-refractivity contribution in [2.24, 2.45) is 0 Å². The molecule has 0 radical (unpaired) electrons. The number of ether oxygens (including phenoxy) is 2. The molecule has 1 aromatic carbocycles. The van der Waals surface area contributed by atoms with Crippen LogP contribution in [0, 0.1) is 11.8 Å². The first kappa shape index (κ1) is 26.3. The summed E-state index contributed by atoms with van der Waals surface area (Å²) in [5.41, 5.74) is 0. The first-order valence-corrected chi connectivity index (χ1v) is 11.5. The quantitative estimate of drug-likeness (QED) is 0.129. The average Bonchev–Trinajstić information content (AvgIpc) is 2.68. The smallest absolute Gasteiger partial charge is 0.311 e. The van der Waals surface area contributed by atoms with Crippen LogP contribution in [0.25, 0.3) is 0 Å². The summed E-state index contributed by atoms with van der Waals surface area (Å²) in [6, 6.07) is 4.56. The standard InChI is InChI=1S/C24H32Cl2O4/c1-2-3-4-5-6-7-8-9-10-11-12-16-29-23(27)14-13-15-24(28)30-22-18-20(25)17-21(26)19-22/h17-19H,2-10,13-16H2,1H3. The lowest BCUT2D eigenvalue weighted by molar-refractivity contribution is -0.142. The molecule has 0 fully saturated rings. The zero-order valence-corrected chi connectivity index (χ0v) is 19.3. The lowest BCUT2D eigenvalue weighted by Gasteiger charge is -2.05. The van der Waals surface area contributed by atoms with Gasteiger partial charge in [0.15, 0.2) is 6.61 Å². The SMILES string of the molecule is CCCCCCCCCCC#CCOC(=O)CCCC(=O)Oc1cc(Cl)cc(Cl)c1. The molecule has 0 aliphatic carbocycles. The molecule has 0 atom stereocenters. The van der Waals surface area contributed by atoms with Gasteiger partial charge in [-0.1, -0.05) is 86.9 Å². The summed E-state index contributed by atoms with van der Waals surface area (Å²) in [4.78, 5) is 23.5. The first-order valence-electron chi connectivity index (χ1n) is 10.8. The molecule has 6 heteroatoms. The summed E-state index contributed by atoms with van der Waals surface area (Å²) in [7, 11) is 0. The van der Waals surface area contributed by atoms with Crippen LogP contribution < -0.4 is 4.74 Å². The van der Waals surface area contributed by atoms with Crippen molar-refractivity contribution in [3.8, 4) is 17.6 Å². The second kappa shape index (κ2) is 17.0. The van der Waals surface area contributed by atoms with Crippen LogP contribution in [-0.2, 0) is 14.3 Å². The molecule has 0 saturated carbocycles. The van der Waals surface area contributed by atoms with Crippen LogP contribution in [0.3, 0.4) is 0 Å². The van der Waals surface area contributed by atoms with Gasteiger partial charge in [-0.3, -0.25) is 9.59 Å². The Kier molecular flexibility index (Phi) is 14.9. The molecule has 0 spiro atoms. The van der Waals surface area contributed by atoms with Gasteiger partial charge < -0.3 is 9.47 Å². The van der Waals surface area contributed by atoms with E-state index in [2.05, 4.69) is 18.8 Å². The molecule has 166 valence electrons. The second-order valence-corrected chi connectivity index (χ2v) is 8.04. The van der Waals surface area contributed by atoms with Crippen molar-refractivity contribution in [1.82, 2.24) is 0 Å². The molecule has 0 heterocycles. The highest BCUT2D eigenvalue weighted by Crippen LogP contribution is 2.24. The lowest BCUT2D eigenvalue weighted by Crippen LogP contribution is -2.10. The van der Waals surface area contributed by atoms with Gasteiger partial charge in [0.1, 0.15) is 5.75 Å². The van der Waals surface area contributed by atoms with E-state index in [1.807, 2.05) is 0 Å². The number of rotatable bonds is 14. The maximum atomic E-state index is 11.8. The van der Waals surface area contributed by atoms with Gasteiger partial charge in [-0.15, -0.1) is 0 Å². The Morgan fingerprint density at radius 3 is 2.07 bits per heavy atom. The van der Waals surface area contributed by atoms with Crippen molar-refractivity contribution in [2.45, 2.75) is 84.0 Å². The van der Waals surface area contributed by atoms with Gasteiger partial charge in [0.2, 0.25) is 0 Å². The molecular formula is C24H32Cl2O4. The third kappa shape index (κ3) is 14.3. The molecule has 1 aromatic rings. The van der Waals surface area contributed by atoms with E-state index < -0.39 is 5.97 Å². The predicted molar refractivity (Wildman–Crippen MR) is 122 cm³/mol. The fourth-order valence-corrected chi connectivity index (χ4v) is 3.33. The van der Waals surface area contributed by atoms with E-state index in [1.54, 1.807) is 6.07 Å². The lowest BCUT2D eigenvalue weighted by atomic mass is 10.1. The van der Waals surface area contributed by atoms with Crippen LogP contribution in [0.1, 0.15) is 84.0 Å². The summed E-state index contributed by atoms with van der Waals surface area (Å²) >= 11 is 11.7. The van der Waals surface area contributed by atoms with E-state index in [4.69, 9.17) is 32.7 Å².